The summed E-state index contributed by atoms with van der Waals surface area (Å²) in [4.78, 5) is 8.87. The molecule has 4 heteroatoms. The van der Waals surface area contributed by atoms with E-state index in [1.807, 2.05) is 12.3 Å². The molecule has 0 N–H and O–H groups in total. The van der Waals surface area contributed by atoms with Crippen LogP contribution in [-0.4, -0.2) is 19.7 Å². The first kappa shape index (κ1) is 14.7. The van der Waals surface area contributed by atoms with E-state index in [0.717, 1.165) is 43.0 Å². The third kappa shape index (κ3) is 4.15. The van der Waals surface area contributed by atoms with Crippen LogP contribution in [-0.2, 0) is 19.4 Å². The number of aryl methyl sites for hydroxylation is 1. The predicted octanol–water partition coefficient (Wildman–Crippen LogP) is 3.26. The largest absolute Gasteiger partial charge is 0.264 e. The van der Waals surface area contributed by atoms with Crippen molar-refractivity contribution in [2.75, 3.05) is 0 Å². The van der Waals surface area contributed by atoms with Gasteiger partial charge in [-0.15, -0.1) is 0 Å². The Labute approximate surface area is 121 Å². The number of rotatable bonds is 7. The van der Waals surface area contributed by atoms with E-state index in [9.17, 15) is 0 Å². The van der Waals surface area contributed by atoms with Gasteiger partial charge in [-0.05, 0) is 24.0 Å². The molecule has 0 aliphatic rings. The second-order valence-electron chi connectivity index (χ2n) is 5.66. The SMILES string of the molecule is CCCCn1nc(Cc2cccnc2)nc1CC(C)C. The van der Waals surface area contributed by atoms with Gasteiger partial charge in [-0.2, -0.15) is 5.10 Å². The summed E-state index contributed by atoms with van der Waals surface area (Å²) >= 11 is 0. The second-order valence-corrected chi connectivity index (χ2v) is 5.66. The zero-order chi connectivity index (χ0) is 14.4. The van der Waals surface area contributed by atoms with Gasteiger partial charge in [-0.1, -0.05) is 33.3 Å². The quantitative estimate of drug-likeness (QED) is 0.777. The minimum atomic E-state index is 0.603. The van der Waals surface area contributed by atoms with Crippen molar-refractivity contribution in [3.63, 3.8) is 0 Å². The summed E-state index contributed by atoms with van der Waals surface area (Å²) in [5.74, 6) is 2.63. The highest BCUT2D eigenvalue weighted by Crippen LogP contribution is 2.11. The summed E-state index contributed by atoms with van der Waals surface area (Å²) in [6.07, 6.45) is 7.76. The lowest BCUT2D eigenvalue weighted by molar-refractivity contribution is 0.513. The molecular formula is C16H24N4. The molecule has 0 bridgehead atoms. The summed E-state index contributed by atoms with van der Waals surface area (Å²) in [7, 11) is 0. The predicted molar refractivity (Wildman–Crippen MR) is 80.5 cm³/mol. The summed E-state index contributed by atoms with van der Waals surface area (Å²) in [6.45, 7) is 7.62. The van der Waals surface area contributed by atoms with Gasteiger partial charge in [0.15, 0.2) is 5.82 Å². The van der Waals surface area contributed by atoms with Crippen LogP contribution in [0.5, 0.6) is 0 Å². The fourth-order valence-corrected chi connectivity index (χ4v) is 2.19. The van der Waals surface area contributed by atoms with Gasteiger partial charge in [0.1, 0.15) is 5.82 Å². The molecule has 4 nitrogen and oxygen atoms in total. The van der Waals surface area contributed by atoms with Crippen LogP contribution in [0, 0.1) is 5.92 Å². The maximum Gasteiger partial charge on any atom is 0.155 e. The van der Waals surface area contributed by atoms with Gasteiger partial charge in [0.25, 0.3) is 0 Å². The summed E-state index contributed by atoms with van der Waals surface area (Å²) in [6, 6.07) is 4.03. The Morgan fingerprint density at radius 2 is 2.15 bits per heavy atom. The molecule has 2 aromatic rings. The standard InChI is InChI=1S/C16H24N4/c1-4-5-9-20-16(10-13(2)3)18-15(19-20)11-14-7-6-8-17-12-14/h6-8,12-13H,4-5,9-11H2,1-3H3. The molecule has 0 radical (unpaired) electrons. The number of unbranched alkanes of at least 4 members (excludes halogenated alkanes) is 1. The van der Waals surface area contributed by atoms with Crippen molar-refractivity contribution in [3.8, 4) is 0 Å². The minimum absolute atomic E-state index is 0.603. The molecule has 108 valence electrons. The lowest BCUT2D eigenvalue weighted by atomic mass is 10.1. The Balaban J connectivity index is 2.14. The Kier molecular flexibility index (Phi) is 5.27. The van der Waals surface area contributed by atoms with Crippen molar-refractivity contribution in [3.05, 3.63) is 41.7 Å². The Morgan fingerprint density at radius 3 is 2.80 bits per heavy atom. The molecule has 2 heterocycles. The van der Waals surface area contributed by atoms with Gasteiger partial charge in [0, 0.05) is 31.8 Å². The van der Waals surface area contributed by atoms with E-state index in [0.29, 0.717) is 5.92 Å². The lowest BCUT2D eigenvalue weighted by Crippen LogP contribution is -2.08. The maximum atomic E-state index is 4.72. The van der Waals surface area contributed by atoms with E-state index in [-0.39, 0.29) is 0 Å². The number of hydrogen-bond donors (Lipinski definition) is 0. The number of aromatic nitrogens is 4. The summed E-state index contributed by atoms with van der Waals surface area (Å²) in [5, 5.41) is 4.67. The molecule has 0 amide bonds. The van der Waals surface area contributed by atoms with Crippen LogP contribution in [0.25, 0.3) is 0 Å². The highest BCUT2D eigenvalue weighted by Gasteiger charge is 2.11. The average Bonchev–Trinajstić information content (AvgIpc) is 2.78. The average molecular weight is 272 g/mol. The van der Waals surface area contributed by atoms with Crippen LogP contribution < -0.4 is 0 Å². The monoisotopic (exact) mass is 272 g/mol. The van der Waals surface area contributed by atoms with Gasteiger partial charge in [-0.25, -0.2) is 9.67 Å². The van der Waals surface area contributed by atoms with Gasteiger partial charge in [-0.3, -0.25) is 4.98 Å². The third-order valence-electron chi connectivity index (χ3n) is 3.19. The summed E-state index contributed by atoms with van der Waals surface area (Å²) < 4.78 is 2.09. The maximum absolute atomic E-state index is 4.72. The van der Waals surface area contributed by atoms with E-state index in [2.05, 4.69) is 41.6 Å². The smallest absolute Gasteiger partial charge is 0.155 e. The fraction of sp³-hybridized carbons (Fsp3) is 0.562. The minimum Gasteiger partial charge on any atom is -0.264 e. The fourth-order valence-electron chi connectivity index (χ4n) is 2.19. The van der Waals surface area contributed by atoms with Crippen molar-refractivity contribution >= 4 is 0 Å². The Hall–Kier alpha value is -1.71. The van der Waals surface area contributed by atoms with Crippen LogP contribution in [0.3, 0.4) is 0 Å². The molecular weight excluding hydrogens is 248 g/mol. The number of nitrogens with zero attached hydrogens (tertiary/aromatic N) is 4. The first-order valence-corrected chi connectivity index (χ1v) is 7.50. The lowest BCUT2D eigenvalue weighted by Gasteiger charge is -2.06. The molecule has 0 aliphatic heterocycles. The van der Waals surface area contributed by atoms with Gasteiger partial charge in [0.2, 0.25) is 0 Å². The second kappa shape index (κ2) is 7.17. The van der Waals surface area contributed by atoms with E-state index < -0.39 is 0 Å². The van der Waals surface area contributed by atoms with E-state index >= 15 is 0 Å². The normalized spacial score (nSPS) is 11.2. The molecule has 0 unspecified atom stereocenters. The highest BCUT2D eigenvalue weighted by molar-refractivity contribution is 5.14. The topological polar surface area (TPSA) is 43.6 Å². The van der Waals surface area contributed by atoms with Gasteiger partial charge < -0.3 is 0 Å². The number of pyridine rings is 1. The third-order valence-corrected chi connectivity index (χ3v) is 3.19. The molecule has 2 aromatic heterocycles. The summed E-state index contributed by atoms with van der Waals surface area (Å²) in [5.41, 5.74) is 1.16. The molecule has 0 saturated heterocycles. The Morgan fingerprint density at radius 1 is 1.30 bits per heavy atom. The van der Waals surface area contributed by atoms with Crippen molar-refractivity contribution in [2.24, 2.45) is 5.92 Å². The zero-order valence-electron chi connectivity index (χ0n) is 12.7. The molecule has 0 atom stereocenters. The van der Waals surface area contributed by atoms with Crippen LogP contribution in [0.1, 0.15) is 50.8 Å². The van der Waals surface area contributed by atoms with Crippen molar-refractivity contribution < 1.29 is 0 Å². The van der Waals surface area contributed by atoms with Crippen LogP contribution >= 0.6 is 0 Å². The van der Waals surface area contributed by atoms with Crippen LogP contribution in [0.4, 0.5) is 0 Å². The van der Waals surface area contributed by atoms with Crippen LogP contribution in [0.2, 0.25) is 0 Å². The van der Waals surface area contributed by atoms with Crippen molar-refractivity contribution in [1.29, 1.82) is 0 Å². The molecule has 0 fully saturated rings. The molecule has 0 spiro atoms. The molecule has 0 aliphatic carbocycles. The number of hydrogen-bond acceptors (Lipinski definition) is 3. The highest BCUT2D eigenvalue weighted by atomic mass is 15.3. The van der Waals surface area contributed by atoms with Gasteiger partial charge >= 0.3 is 0 Å². The first-order chi connectivity index (χ1) is 9.69. The van der Waals surface area contributed by atoms with Crippen LogP contribution in [0.15, 0.2) is 24.5 Å². The zero-order valence-corrected chi connectivity index (χ0v) is 12.7. The van der Waals surface area contributed by atoms with E-state index in [1.165, 1.54) is 6.42 Å². The van der Waals surface area contributed by atoms with E-state index in [1.54, 1.807) is 6.20 Å². The molecule has 0 saturated carbocycles. The molecule has 2 rings (SSSR count). The van der Waals surface area contributed by atoms with E-state index in [4.69, 9.17) is 4.98 Å². The van der Waals surface area contributed by atoms with Gasteiger partial charge in [0.05, 0.1) is 0 Å². The molecule has 20 heavy (non-hydrogen) atoms. The van der Waals surface area contributed by atoms with Crippen molar-refractivity contribution in [2.45, 2.75) is 53.0 Å². The Bertz CT molecular complexity index is 517. The van der Waals surface area contributed by atoms with Crippen molar-refractivity contribution in [1.82, 2.24) is 19.7 Å². The first-order valence-electron chi connectivity index (χ1n) is 7.50. The molecule has 0 aromatic carbocycles.